The van der Waals surface area contributed by atoms with Crippen LogP contribution in [-0.2, 0) is 16.4 Å². The Morgan fingerprint density at radius 3 is 2.33 bits per heavy atom. The molecule has 0 aliphatic carbocycles. The van der Waals surface area contributed by atoms with E-state index in [1.807, 2.05) is 13.0 Å². The summed E-state index contributed by atoms with van der Waals surface area (Å²) < 4.78 is 42.2. The van der Waals surface area contributed by atoms with Crippen molar-refractivity contribution in [3.8, 4) is 0 Å². The minimum atomic E-state index is -3.97. The lowest BCUT2D eigenvalue weighted by atomic mass is 10.1. The standard InChI is InChI=1S/C14H12Br2FNO2S/c1-2-9-7-10(15)3-5-13(9)18-21(19,20)14-6-4-11(16)8-12(14)17/h3-8,18H,2H2,1H3. The molecule has 0 unspecified atom stereocenters. The second-order valence-corrected chi connectivity index (χ2v) is 7.82. The number of halogens is 3. The Balaban J connectivity index is 2.42. The number of anilines is 1. The van der Waals surface area contributed by atoms with Crippen molar-refractivity contribution < 1.29 is 12.8 Å². The Hall–Kier alpha value is -0.920. The predicted octanol–water partition coefficient (Wildman–Crippen LogP) is 4.71. The molecule has 0 atom stereocenters. The minimum absolute atomic E-state index is 0.379. The lowest BCUT2D eigenvalue weighted by molar-refractivity contribution is 0.570. The fourth-order valence-corrected chi connectivity index (χ4v) is 3.75. The summed E-state index contributed by atoms with van der Waals surface area (Å²) in [4.78, 5) is -0.379. The number of nitrogens with one attached hydrogen (secondary N) is 1. The minimum Gasteiger partial charge on any atom is -0.279 e. The molecule has 0 radical (unpaired) electrons. The van der Waals surface area contributed by atoms with Gasteiger partial charge in [0.05, 0.1) is 5.69 Å². The van der Waals surface area contributed by atoms with Gasteiger partial charge in [-0.1, -0.05) is 38.8 Å². The average molecular weight is 437 g/mol. The van der Waals surface area contributed by atoms with Gasteiger partial charge in [0, 0.05) is 8.95 Å². The first-order valence-corrected chi connectivity index (χ1v) is 9.16. The van der Waals surface area contributed by atoms with E-state index in [4.69, 9.17) is 0 Å². The van der Waals surface area contributed by atoms with Gasteiger partial charge in [0.1, 0.15) is 10.7 Å². The first-order valence-electron chi connectivity index (χ1n) is 6.10. The average Bonchev–Trinajstić information content (AvgIpc) is 2.40. The lowest BCUT2D eigenvalue weighted by Gasteiger charge is -2.12. The highest BCUT2D eigenvalue weighted by atomic mass is 79.9. The maximum atomic E-state index is 13.8. The molecule has 0 fully saturated rings. The van der Waals surface area contributed by atoms with Crippen molar-refractivity contribution in [1.29, 1.82) is 0 Å². The van der Waals surface area contributed by atoms with Crippen LogP contribution in [0.25, 0.3) is 0 Å². The molecule has 0 spiro atoms. The van der Waals surface area contributed by atoms with E-state index in [0.717, 1.165) is 16.1 Å². The first-order chi connectivity index (χ1) is 9.83. The van der Waals surface area contributed by atoms with Crippen LogP contribution < -0.4 is 4.72 Å². The van der Waals surface area contributed by atoms with E-state index < -0.39 is 15.8 Å². The summed E-state index contributed by atoms with van der Waals surface area (Å²) in [6.45, 7) is 1.92. The molecule has 0 aliphatic heterocycles. The van der Waals surface area contributed by atoms with Crippen LogP contribution in [0.3, 0.4) is 0 Å². The fourth-order valence-electron chi connectivity index (χ4n) is 1.85. The molecular weight excluding hydrogens is 425 g/mol. The smallest absolute Gasteiger partial charge is 0.264 e. The molecule has 0 saturated carbocycles. The van der Waals surface area contributed by atoms with Gasteiger partial charge in [-0.3, -0.25) is 4.72 Å². The van der Waals surface area contributed by atoms with E-state index in [9.17, 15) is 12.8 Å². The van der Waals surface area contributed by atoms with Crippen LogP contribution in [-0.4, -0.2) is 8.42 Å². The maximum Gasteiger partial charge on any atom is 0.264 e. The van der Waals surface area contributed by atoms with Gasteiger partial charge in [-0.2, -0.15) is 0 Å². The Bertz CT molecular complexity index is 779. The molecule has 2 aromatic carbocycles. The summed E-state index contributed by atoms with van der Waals surface area (Å²) in [6.07, 6.45) is 0.653. The Kier molecular flexibility index (Phi) is 5.06. The molecule has 2 aromatic rings. The zero-order chi connectivity index (χ0) is 15.6. The van der Waals surface area contributed by atoms with Gasteiger partial charge in [0.2, 0.25) is 0 Å². The normalized spacial score (nSPS) is 11.4. The van der Waals surface area contributed by atoms with Gasteiger partial charge in [0.15, 0.2) is 0 Å². The predicted molar refractivity (Wildman–Crippen MR) is 88.4 cm³/mol. The van der Waals surface area contributed by atoms with E-state index in [0.29, 0.717) is 16.6 Å². The molecule has 0 aliphatic rings. The highest BCUT2D eigenvalue weighted by Crippen LogP contribution is 2.26. The van der Waals surface area contributed by atoms with Crippen LogP contribution in [0.5, 0.6) is 0 Å². The van der Waals surface area contributed by atoms with Crippen LogP contribution in [0, 0.1) is 5.82 Å². The third-order valence-electron chi connectivity index (χ3n) is 2.88. The molecule has 3 nitrogen and oxygen atoms in total. The molecule has 0 bridgehead atoms. The number of aryl methyl sites for hydroxylation is 1. The topological polar surface area (TPSA) is 46.2 Å². The lowest BCUT2D eigenvalue weighted by Crippen LogP contribution is -2.15. The number of benzene rings is 2. The molecule has 112 valence electrons. The molecule has 21 heavy (non-hydrogen) atoms. The maximum absolute atomic E-state index is 13.8. The highest BCUT2D eigenvalue weighted by Gasteiger charge is 2.20. The number of hydrogen-bond donors (Lipinski definition) is 1. The van der Waals surface area contributed by atoms with E-state index >= 15 is 0 Å². The van der Waals surface area contributed by atoms with Crippen molar-refractivity contribution in [2.75, 3.05) is 4.72 Å². The summed E-state index contributed by atoms with van der Waals surface area (Å²) in [5, 5.41) is 0. The molecule has 1 N–H and O–H groups in total. The third-order valence-corrected chi connectivity index (χ3v) is 5.26. The molecule has 0 saturated heterocycles. The molecule has 0 aromatic heterocycles. The molecular formula is C14H12Br2FNO2S. The van der Waals surface area contributed by atoms with Gasteiger partial charge in [-0.25, -0.2) is 12.8 Å². The van der Waals surface area contributed by atoms with Crippen molar-refractivity contribution in [2.45, 2.75) is 18.2 Å². The summed E-state index contributed by atoms with van der Waals surface area (Å²) in [7, 11) is -3.97. The largest absolute Gasteiger partial charge is 0.279 e. The molecule has 7 heteroatoms. The van der Waals surface area contributed by atoms with Gasteiger partial charge in [-0.15, -0.1) is 0 Å². The second-order valence-electron chi connectivity index (χ2n) is 4.34. The second kappa shape index (κ2) is 6.46. The Morgan fingerprint density at radius 1 is 1.10 bits per heavy atom. The monoisotopic (exact) mass is 435 g/mol. The number of hydrogen-bond acceptors (Lipinski definition) is 2. The van der Waals surface area contributed by atoms with Crippen LogP contribution in [0.15, 0.2) is 50.2 Å². The van der Waals surface area contributed by atoms with E-state index in [1.54, 1.807) is 12.1 Å². The summed E-state index contributed by atoms with van der Waals surface area (Å²) in [5.41, 5.74) is 1.27. The zero-order valence-electron chi connectivity index (χ0n) is 11.0. The molecule has 0 heterocycles. The van der Waals surface area contributed by atoms with Crippen molar-refractivity contribution in [3.63, 3.8) is 0 Å². The van der Waals surface area contributed by atoms with Crippen molar-refractivity contribution in [3.05, 3.63) is 56.7 Å². The van der Waals surface area contributed by atoms with Gasteiger partial charge >= 0.3 is 0 Å². The van der Waals surface area contributed by atoms with Gasteiger partial charge in [0.25, 0.3) is 10.0 Å². The van der Waals surface area contributed by atoms with E-state index in [2.05, 4.69) is 36.6 Å². The fraction of sp³-hybridized carbons (Fsp3) is 0.143. The highest BCUT2D eigenvalue weighted by molar-refractivity contribution is 9.10. The SMILES string of the molecule is CCc1cc(Br)ccc1NS(=O)(=O)c1ccc(Br)cc1F. The van der Waals surface area contributed by atoms with Crippen molar-refractivity contribution >= 4 is 47.6 Å². The van der Waals surface area contributed by atoms with Crippen molar-refractivity contribution in [1.82, 2.24) is 0 Å². The van der Waals surface area contributed by atoms with Crippen LogP contribution in [0.4, 0.5) is 10.1 Å². The number of sulfonamides is 1. The van der Waals surface area contributed by atoms with Gasteiger partial charge < -0.3 is 0 Å². The quantitative estimate of drug-likeness (QED) is 0.753. The van der Waals surface area contributed by atoms with E-state index in [-0.39, 0.29) is 4.90 Å². The first kappa shape index (κ1) is 16.5. The summed E-state index contributed by atoms with van der Waals surface area (Å²) >= 11 is 6.44. The van der Waals surface area contributed by atoms with Crippen LogP contribution >= 0.6 is 31.9 Å². The zero-order valence-corrected chi connectivity index (χ0v) is 15.0. The van der Waals surface area contributed by atoms with E-state index in [1.165, 1.54) is 12.1 Å². The third kappa shape index (κ3) is 3.84. The van der Waals surface area contributed by atoms with Crippen molar-refractivity contribution in [2.24, 2.45) is 0 Å². The van der Waals surface area contributed by atoms with Crippen LogP contribution in [0.1, 0.15) is 12.5 Å². The summed E-state index contributed by atoms with van der Waals surface area (Å²) in [6, 6.07) is 9.05. The molecule has 2 rings (SSSR count). The Morgan fingerprint density at radius 2 is 1.71 bits per heavy atom. The van der Waals surface area contributed by atoms with Crippen LogP contribution in [0.2, 0.25) is 0 Å². The summed E-state index contributed by atoms with van der Waals surface area (Å²) in [5.74, 6) is -0.799. The Labute approximate surface area is 139 Å². The van der Waals surface area contributed by atoms with Gasteiger partial charge in [-0.05, 0) is 48.4 Å². The molecule has 0 amide bonds. The number of rotatable bonds is 4.